The lowest BCUT2D eigenvalue weighted by molar-refractivity contribution is 0.121. The van der Waals surface area contributed by atoms with Crippen LogP contribution in [0.4, 0.5) is 22.7 Å². The van der Waals surface area contributed by atoms with Crippen LogP contribution in [-0.2, 0) is 33.5 Å². The predicted octanol–water partition coefficient (Wildman–Crippen LogP) is 17.7. The predicted molar refractivity (Wildman–Crippen MR) is 303 cm³/mol. The van der Waals surface area contributed by atoms with Gasteiger partial charge in [-0.05, 0) is 173 Å². The molecule has 0 amide bonds. The number of anilines is 4. The lowest BCUT2D eigenvalue weighted by Gasteiger charge is -2.54. The molecule has 0 aromatic heterocycles. The first-order valence-electron chi connectivity index (χ1n) is 27.0. The van der Waals surface area contributed by atoms with E-state index in [0.717, 1.165) is 12.8 Å². The van der Waals surface area contributed by atoms with Crippen LogP contribution in [0.3, 0.4) is 0 Å². The number of allylic oxidation sites excluding steroid dienone is 5. The van der Waals surface area contributed by atoms with Gasteiger partial charge < -0.3 is 9.80 Å². The summed E-state index contributed by atoms with van der Waals surface area (Å²) in [6.45, 7) is 41.7. The van der Waals surface area contributed by atoms with E-state index < -0.39 is 0 Å². The average Bonchev–Trinajstić information content (AvgIpc) is 3.66. The standard InChI is InChI=1S/C67H81BN2/c1-61(2,3)43-23-26-46(27-24-43)69-55-40-52-51(66(14,15)31-32-67(52,16)17)39-53(55)68-59-48-38-50-49(64(10,11)29-30-65(50,12)13)33-42(48)34-56(59)70(58-37-45(63(7,8)9)36-57(69)60(58)68)54-28-25-44(62(4,5)6)35-47(54)41-21-19-18-20-22-41/h18-28,33,35-39,52H,29-32,34,40H2,1-17H3. The second-order valence-corrected chi connectivity index (χ2v) is 28.4. The molecule has 3 heteroatoms. The molecule has 2 aliphatic heterocycles. The highest BCUT2D eigenvalue weighted by atomic mass is 15.2. The molecule has 1 fully saturated rings. The molecule has 1 unspecified atom stereocenters. The fourth-order valence-corrected chi connectivity index (χ4v) is 13.8. The van der Waals surface area contributed by atoms with Gasteiger partial charge in [-0.15, -0.1) is 0 Å². The Kier molecular flexibility index (Phi) is 10.3. The largest absolute Gasteiger partial charge is 0.315 e. The van der Waals surface area contributed by atoms with E-state index >= 15 is 0 Å². The van der Waals surface area contributed by atoms with E-state index in [1.165, 1.54) is 115 Å². The zero-order chi connectivity index (χ0) is 50.0. The van der Waals surface area contributed by atoms with Crippen molar-refractivity contribution >= 4 is 40.4 Å². The Morgan fingerprint density at radius 3 is 1.70 bits per heavy atom. The van der Waals surface area contributed by atoms with Crippen LogP contribution in [0.5, 0.6) is 0 Å². The molecule has 70 heavy (non-hydrogen) atoms. The number of benzene rings is 5. The molecule has 2 nitrogen and oxygen atoms in total. The minimum absolute atomic E-state index is 0.00715. The van der Waals surface area contributed by atoms with E-state index in [0.29, 0.717) is 5.92 Å². The maximum atomic E-state index is 2.80. The Bertz CT molecular complexity index is 3090. The van der Waals surface area contributed by atoms with Gasteiger partial charge in [0.05, 0.1) is 5.69 Å². The number of nitrogens with zero attached hydrogens (tertiary/aromatic N) is 2. The van der Waals surface area contributed by atoms with Crippen molar-refractivity contribution in [1.82, 2.24) is 0 Å². The second-order valence-electron chi connectivity index (χ2n) is 28.4. The fraction of sp³-hybridized carbons (Fsp3) is 0.463. The third kappa shape index (κ3) is 7.31. The SMILES string of the molecule is CC1(C)CCC(C)(C)C2CC3=C(C=C21)B1C2=C(Cc4cc5c(cc42)C(C)(C)CCC5(C)C)N(c2ccc(C(C)(C)C)cc2-c2ccccc2)c2cc(C(C)(C)C)cc(c21)N3c1ccc(C(C)(C)C)cc1. The third-order valence-electron chi connectivity index (χ3n) is 18.7. The summed E-state index contributed by atoms with van der Waals surface area (Å²) in [5.74, 6) is 0.465. The van der Waals surface area contributed by atoms with Gasteiger partial charge in [0.2, 0.25) is 0 Å². The molecule has 0 bridgehead atoms. The zero-order valence-electron chi connectivity index (χ0n) is 46.1. The van der Waals surface area contributed by atoms with Crippen molar-refractivity contribution in [3.8, 4) is 11.1 Å². The molecule has 6 aliphatic rings. The lowest BCUT2D eigenvalue weighted by atomic mass is 9.30. The summed E-state index contributed by atoms with van der Waals surface area (Å²) in [6.07, 6.45) is 9.63. The fourth-order valence-electron chi connectivity index (χ4n) is 13.8. The van der Waals surface area contributed by atoms with E-state index in [1.54, 1.807) is 16.7 Å². The molecule has 0 N–H and O–H groups in total. The average molecular weight is 925 g/mol. The molecule has 5 aromatic carbocycles. The van der Waals surface area contributed by atoms with Gasteiger partial charge in [-0.2, -0.15) is 0 Å². The Hall–Kier alpha value is -5.02. The molecule has 1 atom stereocenters. The first kappa shape index (κ1) is 47.3. The summed E-state index contributed by atoms with van der Waals surface area (Å²) in [7, 11) is 0. The van der Waals surface area contributed by atoms with Gasteiger partial charge in [-0.1, -0.05) is 190 Å². The van der Waals surface area contributed by atoms with E-state index in [1.807, 2.05) is 0 Å². The van der Waals surface area contributed by atoms with E-state index in [4.69, 9.17) is 0 Å². The van der Waals surface area contributed by atoms with E-state index in [9.17, 15) is 0 Å². The molecule has 1 saturated carbocycles. The summed E-state index contributed by atoms with van der Waals surface area (Å²) in [4.78, 5) is 5.57. The van der Waals surface area contributed by atoms with Gasteiger partial charge in [0.25, 0.3) is 6.71 Å². The second kappa shape index (κ2) is 15.3. The van der Waals surface area contributed by atoms with Crippen molar-refractivity contribution in [1.29, 1.82) is 0 Å². The molecule has 0 spiro atoms. The van der Waals surface area contributed by atoms with Gasteiger partial charge in [0.1, 0.15) is 0 Å². The van der Waals surface area contributed by atoms with Crippen LogP contribution < -0.4 is 15.3 Å². The van der Waals surface area contributed by atoms with Crippen molar-refractivity contribution in [3.05, 3.63) is 165 Å². The Balaban J connectivity index is 1.29. The summed E-state index contributed by atoms with van der Waals surface area (Å²) in [6, 6.07) is 39.1. The van der Waals surface area contributed by atoms with Crippen LogP contribution in [0.1, 0.15) is 189 Å². The van der Waals surface area contributed by atoms with E-state index in [2.05, 4.69) is 231 Å². The van der Waals surface area contributed by atoms with Crippen LogP contribution in [0.2, 0.25) is 0 Å². The van der Waals surface area contributed by atoms with Gasteiger partial charge >= 0.3 is 0 Å². The first-order chi connectivity index (χ1) is 32.6. The molecule has 0 radical (unpaired) electrons. The number of hydrogen-bond acceptors (Lipinski definition) is 2. The highest BCUT2D eigenvalue weighted by Gasteiger charge is 2.54. The van der Waals surface area contributed by atoms with Gasteiger partial charge in [0.15, 0.2) is 0 Å². The molecule has 0 saturated heterocycles. The van der Waals surface area contributed by atoms with Gasteiger partial charge in [-0.25, -0.2) is 0 Å². The van der Waals surface area contributed by atoms with Gasteiger partial charge in [0, 0.05) is 40.4 Å². The third-order valence-corrected chi connectivity index (χ3v) is 18.7. The Morgan fingerprint density at radius 1 is 0.514 bits per heavy atom. The van der Waals surface area contributed by atoms with Crippen LogP contribution in [0, 0.1) is 16.7 Å². The van der Waals surface area contributed by atoms with Crippen LogP contribution in [0.25, 0.3) is 16.6 Å². The molecular formula is C67H81BN2. The highest BCUT2D eigenvalue weighted by Crippen LogP contribution is 2.61. The maximum absolute atomic E-state index is 2.80. The highest BCUT2D eigenvalue weighted by molar-refractivity contribution is 6.99. The summed E-state index contributed by atoms with van der Waals surface area (Å²) < 4.78 is 0. The number of hydrogen-bond donors (Lipinski definition) is 0. The minimum Gasteiger partial charge on any atom is -0.315 e. The van der Waals surface area contributed by atoms with Crippen molar-refractivity contribution < 1.29 is 0 Å². The topological polar surface area (TPSA) is 6.48 Å². The Labute approximate surface area is 423 Å². The quantitative estimate of drug-likeness (QED) is 0.166. The Morgan fingerprint density at radius 2 is 1.09 bits per heavy atom. The molecule has 4 aliphatic carbocycles. The van der Waals surface area contributed by atoms with Crippen LogP contribution >= 0.6 is 0 Å². The number of rotatable bonds is 3. The van der Waals surface area contributed by atoms with Crippen LogP contribution in [-0.4, -0.2) is 6.71 Å². The number of fused-ring (bicyclic) bond motifs is 6. The lowest BCUT2D eigenvalue weighted by Crippen LogP contribution is -2.52. The molecule has 5 aromatic rings. The molecule has 362 valence electrons. The summed E-state index contributed by atoms with van der Waals surface area (Å²) >= 11 is 0. The molecular weight excluding hydrogens is 844 g/mol. The monoisotopic (exact) mass is 925 g/mol. The first-order valence-corrected chi connectivity index (χ1v) is 27.0. The summed E-state index contributed by atoms with van der Waals surface area (Å²) in [5, 5.41) is 0. The van der Waals surface area contributed by atoms with Crippen molar-refractivity contribution in [3.63, 3.8) is 0 Å². The molecule has 11 rings (SSSR count). The summed E-state index contributed by atoms with van der Waals surface area (Å²) in [5.41, 5.74) is 27.6. The zero-order valence-corrected chi connectivity index (χ0v) is 46.1. The molecule has 2 heterocycles. The van der Waals surface area contributed by atoms with Crippen molar-refractivity contribution in [2.75, 3.05) is 9.80 Å². The smallest absolute Gasteiger partial charge is 0.252 e. The normalized spacial score (nSPS) is 21.6. The van der Waals surface area contributed by atoms with Crippen molar-refractivity contribution in [2.45, 2.75) is 183 Å². The van der Waals surface area contributed by atoms with Gasteiger partial charge in [-0.3, -0.25) is 0 Å². The maximum Gasteiger partial charge on any atom is 0.252 e. The minimum atomic E-state index is -0.0972. The van der Waals surface area contributed by atoms with Crippen molar-refractivity contribution in [2.24, 2.45) is 16.7 Å². The van der Waals surface area contributed by atoms with E-state index in [-0.39, 0.29) is 44.6 Å². The van der Waals surface area contributed by atoms with Crippen LogP contribution in [0.15, 0.2) is 126 Å².